The molecule has 2 aliphatic rings. The van der Waals surface area contributed by atoms with Crippen LogP contribution in [0.15, 0.2) is 24.3 Å². The van der Waals surface area contributed by atoms with E-state index in [1.54, 1.807) is 0 Å². The molecule has 1 atom stereocenters. The van der Waals surface area contributed by atoms with E-state index in [1.807, 2.05) is 48.0 Å². The maximum atomic E-state index is 12.3. The molecular formula is C18H25N3O2S. The number of thioether (sulfide) groups is 1. The largest absolute Gasteiger partial charge is 0.325 e. The second-order valence-corrected chi connectivity index (χ2v) is 7.68. The van der Waals surface area contributed by atoms with Gasteiger partial charge in [0.2, 0.25) is 11.8 Å². The van der Waals surface area contributed by atoms with E-state index in [4.69, 9.17) is 0 Å². The second-order valence-electron chi connectivity index (χ2n) is 6.53. The molecule has 0 bridgehead atoms. The Bertz CT molecular complexity index is 602. The van der Waals surface area contributed by atoms with Crippen LogP contribution in [0.4, 0.5) is 11.4 Å². The highest BCUT2D eigenvalue weighted by Crippen LogP contribution is 2.24. The number of benzene rings is 1. The van der Waals surface area contributed by atoms with E-state index in [2.05, 4.69) is 10.2 Å². The summed E-state index contributed by atoms with van der Waals surface area (Å²) in [6.07, 6.45) is 3.77. The van der Waals surface area contributed by atoms with E-state index in [-0.39, 0.29) is 11.8 Å². The van der Waals surface area contributed by atoms with Gasteiger partial charge in [-0.2, -0.15) is 11.8 Å². The first-order valence-corrected chi connectivity index (χ1v) is 9.77. The highest BCUT2D eigenvalue weighted by molar-refractivity contribution is 7.99. The van der Waals surface area contributed by atoms with Crippen molar-refractivity contribution in [3.63, 3.8) is 0 Å². The summed E-state index contributed by atoms with van der Waals surface area (Å²) in [6.45, 7) is 1.16. The fraction of sp³-hybridized carbons (Fsp3) is 0.556. The fourth-order valence-electron chi connectivity index (χ4n) is 3.26. The Balaban J connectivity index is 1.59. The summed E-state index contributed by atoms with van der Waals surface area (Å²) in [5.41, 5.74) is 1.63. The standard InChI is InChI=1S/C18H25N3O2S/c1-20(16-8-10-24-13-16)12-17(22)19-14-5-4-6-15(11-14)21-9-3-2-7-18(21)23/h4-6,11,16H,2-3,7-10,12-13H2,1H3,(H,19,22)/t16-/m1/s1. The predicted octanol–water partition coefficient (Wildman–Crippen LogP) is 2.58. The zero-order chi connectivity index (χ0) is 16.9. The first-order chi connectivity index (χ1) is 11.6. The highest BCUT2D eigenvalue weighted by Gasteiger charge is 2.22. The van der Waals surface area contributed by atoms with E-state index in [0.29, 0.717) is 19.0 Å². The third-order valence-corrected chi connectivity index (χ3v) is 5.83. The smallest absolute Gasteiger partial charge is 0.238 e. The molecule has 1 aromatic rings. The van der Waals surface area contributed by atoms with Crippen LogP contribution in [0.1, 0.15) is 25.7 Å². The number of likely N-dealkylation sites (N-methyl/N-ethyl adjacent to an activating group) is 1. The molecule has 0 spiro atoms. The molecule has 0 saturated carbocycles. The van der Waals surface area contributed by atoms with E-state index in [9.17, 15) is 9.59 Å². The van der Waals surface area contributed by atoms with Crippen LogP contribution in [0.5, 0.6) is 0 Å². The first kappa shape index (κ1) is 17.3. The van der Waals surface area contributed by atoms with E-state index >= 15 is 0 Å². The van der Waals surface area contributed by atoms with Crippen molar-refractivity contribution >= 4 is 35.0 Å². The number of nitrogens with zero attached hydrogens (tertiary/aromatic N) is 2. The number of nitrogens with one attached hydrogen (secondary N) is 1. The van der Waals surface area contributed by atoms with Crippen molar-refractivity contribution in [3.05, 3.63) is 24.3 Å². The van der Waals surface area contributed by atoms with Gasteiger partial charge in [-0.3, -0.25) is 14.5 Å². The average molecular weight is 347 g/mol. The summed E-state index contributed by atoms with van der Waals surface area (Å²) in [6, 6.07) is 8.09. The van der Waals surface area contributed by atoms with Gasteiger partial charge in [-0.15, -0.1) is 0 Å². The quantitative estimate of drug-likeness (QED) is 0.889. The van der Waals surface area contributed by atoms with Crippen molar-refractivity contribution in [2.45, 2.75) is 31.7 Å². The number of carbonyl (C=O) groups excluding carboxylic acids is 2. The Hall–Kier alpha value is -1.53. The summed E-state index contributed by atoms with van der Waals surface area (Å²) in [4.78, 5) is 28.3. The maximum absolute atomic E-state index is 12.3. The van der Waals surface area contributed by atoms with Gasteiger partial charge in [0.25, 0.3) is 0 Å². The van der Waals surface area contributed by atoms with Crippen LogP contribution in [0.2, 0.25) is 0 Å². The molecule has 1 aromatic carbocycles. The lowest BCUT2D eigenvalue weighted by Gasteiger charge is -2.27. The number of hydrogen-bond acceptors (Lipinski definition) is 4. The van der Waals surface area contributed by atoms with Crippen LogP contribution in [-0.2, 0) is 9.59 Å². The molecule has 24 heavy (non-hydrogen) atoms. The SMILES string of the molecule is CN(CC(=O)Nc1cccc(N2CCCCC2=O)c1)[C@@H]1CCSC1. The van der Waals surface area contributed by atoms with Crippen LogP contribution in [-0.4, -0.2) is 54.4 Å². The van der Waals surface area contributed by atoms with Crippen molar-refractivity contribution in [1.29, 1.82) is 0 Å². The monoisotopic (exact) mass is 347 g/mol. The van der Waals surface area contributed by atoms with Crippen molar-refractivity contribution in [2.75, 3.05) is 41.9 Å². The average Bonchev–Trinajstić information content (AvgIpc) is 3.10. The Morgan fingerprint density at radius 1 is 1.42 bits per heavy atom. The van der Waals surface area contributed by atoms with Gasteiger partial charge < -0.3 is 10.2 Å². The molecule has 0 unspecified atom stereocenters. The fourth-order valence-corrected chi connectivity index (χ4v) is 4.55. The van der Waals surface area contributed by atoms with E-state index in [0.717, 1.165) is 42.9 Å². The van der Waals surface area contributed by atoms with Crippen molar-refractivity contribution < 1.29 is 9.59 Å². The molecule has 2 saturated heterocycles. The van der Waals surface area contributed by atoms with Gasteiger partial charge in [-0.1, -0.05) is 6.07 Å². The van der Waals surface area contributed by atoms with Gasteiger partial charge in [-0.25, -0.2) is 0 Å². The minimum Gasteiger partial charge on any atom is -0.325 e. The number of amides is 2. The van der Waals surface area contributed by atoms with Crippen LogP contribution in [0.3, 0.4) is 0 Å². The van der Waals surface area contributed by atoms with Crippen LogP contribution in [0, 0.1) is 0 Å². The van der Waals surface area contributed by atoms with Crippen molar-refractivity contribution in [1.82, 2.24) is 4.90 Å². The van der Waals surface area contributed by atoms with Gasteiger partial charge >= 0.3 is 0 Å². The maximum Gasteiger partial charge on any atom is 0.238 e. The summed E-state index contributed by atoms with van der Waals surface area (Å²) in [5, 5.41) is 2.97. The third-order valence-electron chi connectivity index (χ3n) is 4.69. The normalized spacial score (nSPS) is 21.3. The van der Waals surface area contributed by atoms with Gasteiger partial charge in [0.15, 0.2) is 0 Å². The second kappa shape index (κ2) is 8.03. The van der Waals surface area contributed by atoms with Crippen molar-refractivity contribution in [3.8, 4) is 0 Å². The third kappa shape index (κ3) is 4.30. The lowest BCUT2D eigenvalue weighted by molar-refractivity contribution is -0.119. The number of hydrogen-bond donors (Lipinski definition) is 1. The molecule has 0 radical (unpaired) electrons. The molecule has 6 heteroatoms. The molecule has 5 nitrogen and oxygen atoms in total. The lowest BCUT2D eigenvalue weighted by Crippen LogP contribution is -2.38. The molecule has 0 aromatic heterocycles. The van der Waals surface area contributed by atoms with Crippen LogP contribution >= 0.6 is 11.8 Å². The summed E-state index contributed by atoms with van der Waals surface area (Å²) >= 11 is 1.95. The van der Waals surface area contributed by atoms with Gasteiger partial charge in [0, 0.05) is 36.1 Å². The molecule has 2 aliphatic heterocycles. The van der Waals surface area contributed by atoms with E-state index < -0.39 is 0 Å². The molecule has 2 heterocycles. The predicted molar refractivity (Wildman–Crippen MR) is 99.6 cm³/mol. The topological polar surface area (TPSA) is 52.7 Å². The highest BCUT2D eigenvalue weighted by atomic mass is 32.2. The Kier molecular flexibility index (Phi) is 5.79. The Labute approximate surface area is 147 Å². The molecule has 3 rings (SSSR count). The van der Waals surface area contributed by atoms with E-state index in [1.165, 1.54) is 5.75 Å². The summed E-state index contributed by atoms with van der Waals surface area (Å²) in [5.74, 6) is 2.46. The summed E-state index contributed by atoms with van der Waals surface area (Å²) in [7, 11) is 2.01. The van der Waals surface area contributed by atoms with Gasteiger partial charge in [-0.05, 0) is 50.3 Å². The summed E-state index contributed by atoms with van der Waals surface area (Å²) < 4.78 is 0. The molecule has 0 aliphatic carbocycles. The molecule has 1 N–H and O–H groups in total. The van der Waals surface area contributed by atoms with Crippen molar-refractivity contribution in [2.24, 2.45) is 0 Å². The van der Waals surface area contributed by atoms with Gasteiger partial charge in [0.05, 0.1) is 6.54 Å². The zero-order valence-corrected chi connectivity index (χ0v) is 15.0. The number of carbonyl (C=O) groups is 2. The Morgan fingerprint density at radius 3 is 3.04 bits per heavy atom. The number of anilines is 2. The molecule has 2 fully saturated rings. The zero-order valence-electron chi connectivity index (χ0n) is 14.2. The molecule has 130 valence electrons. The van der Waals surface area contributed by atoms with Gasteiger partial charge in [0.1, 0.15) is 0 Å². The first-order valence-electron chi connectivity index (χ1n) is 8.62. The number of piperidine rings is 1. The lowest BCUT2D eigenvalue weighted by atomic mass is 10.1. The Morgan fingerprint density at radius 2 is 2.29 bits per heavy atom. The minimum absolute atomic E-state index is 0.00322. The van der Waals surface area contributed by atoms with Crippen LogP contribution < -0.4 is 10.2 Å². The minimum atomic E-state index is -0.00322. The number of rotatable bonds is 5. The van der Waals surface area contributed by atoms with Crippen LogP contribution in [0.25, 0.3) is 0 Å². The molecular weight excluding hydrogens is 322 g/mol. The molecule has 2 amide bonds.